The van der Waals surface area contributed by atoms with E-state index in [1.165, 1.54) is 30.0 Å². The van der Waals surface area contributed by atoms with Crippen LogP contribution < -0.4 is 10.1 Å². The number of esters is 1. The van der Waals surface area contributed by atoms with Crippen LogP contribution in [0.15, 0.2) is 18.2 Å². The van der Waals surface area contributed by atoms with Crippen LogP contribution in [-0.4, -0.2) is 53.4 Å². The quantitative estimate of drug-likeness (QED) is 0.614. The van der Waals surface area contributed by atoms with Crippen molar-refractivity contribution in [3.63, 3.8) is 0 Å². The fraction of sp³-hybridized carbons (Fsp3) is 0.444. The van der Waals surface area contributed by atoms with Crippen molar-refractivity contribution in [1.29, 1.82) is 0 Å². The Morgan fingerprint density at radius 1 is 1.41 bits per heavy atom. The van der Waals surface area contributed by atoms with E-state index in [0.717, 1.165) is 6.92 Å². The number of benzene rings is 1. The van der Waals surface area contributed by atoms with Gasteiger partial charge in [0.05, 0.1) is 32.6 Å². The summed E-state index contributed by atoms with van der Waals surface area (Å²) >= 11 is 6.36. The van der Waals surface area contributed by atoms with E-state index in [1.54, 1.807) is 6.92 Å². The van der Waals surface area contributed by atoms with Crippen LogP contribution in [0.4, 0.5) is 18.9 Å². The predicted octanol–water partition coefficient (Wildman–Crippen LogP) is 3.74. The molecule has 0 saturated heterocycles. The maximum Gasteiger partial charge on any atom is 0.408 e. The van der Waals surface area contributed by atoms with E-state index in [-0.39, 0.29) is 47.6 Å². The van der Waals surface area contributed by atoms with E-state index in [0.29, 0.717) is 5.56 Å². The second-order valence-corrected chi connectivity index (χ2v) is 6.38. The summed E-state index contributed by atoms with van der Waals surface area (Å²) < 4.78 is 50.0. The van der Waals surface area contributed by atoms with Crippen LogP contribution in [0.25, 0.3) is 11.3 Å². The van der Waals surface area contributed by atoms with Crippen LogP contribution in [0.5, 0.6) is 5.75 Å². The van der Waals surface area contributed by atoms with Crippen LogP contribution in [0.1, 0.15) is 24.3 Å². The Hall–Kier alpha value is -2.46. The number of methoxy groups -OCH3 is 1. The molecule has 0 saturated carbocycles. The number of carbonyl (C=O) groups is 1. The molecule has 1 atom stereocenters. The van der Waals surface area contributed by atoms with Gasteiger partial charge in [0, 0.05) is 17.3 Å². The molecule has 0 fully saturated rings. The van der Waals surface area contributed by atoms with Gasteiger partial charge in [0.1, 0.15) is 16.8 Å². The standard InChI is InChI=1S/C18H21ClF3N3O4/c1-4-29-17(27)15-14(19)16(25(24-15)7-8-26)12-6-5-11(9-13(12)28-3)23-10(2)18(20,21)22/h5-6,9-10,23,26H,4,7-8H2,1-3H3/t10-/m1/s1. The van der Waals surface area contributed by atoms with Gasteiger partial charge in [0.25, 0.3) is 0 Å². The van der Waals surface area contributed by atoms with Gasteiger partial charge in [-0.2, -0.15) is 18.3 Å². The number of nitrogens with zero attached hydrogens (tertiary/aromatic N) is 2. The average Bonchev–Trinajstić information content (AvgIpc) is 2.97. The molecule has 0 radical (unpaired) electrons. The average molecular weight is 436 g/mol. The number of aliphatic hydroxyl groups is 1. The Bertz CT molecular complexity index is 871. The van der Waals surface area contributed by atoms with E-state index in [2.05, 4.69) is 10.4 Å². The summed E-state index contributed by atoms with van der Waals surface area (Å²) in [6.07, 6.45) is -4.41. The summed E-state index contributed by atoms with van der Waals surface area (Å²) in [6, 6.07) is 2.54. The summed E-state index contributed by atoms with van der Waals surface area (Å²) in [6.45, 7) is 2.51. The van der Waals surface area contributed by atoms with Crippen molar-refractivity contribution < 1.29 is 32.5 Å². The Kier molecular flexibility index (Phi) is 7.37. The Balaban J connectivity index is 2.51. The molecule has 160 valence electrons. The highest BCUT2D eigenvalue weighted by Crippen LogP contribution is 2.39. The number of hydrogen-bond donors (Lipinski definition) is 2. The lowest BCUT2D eigenvalue weighted by Crippen LogP contribution is -2.33. The molecule has 1 heterocycles. The van der Waals surface area contributed by atoms with E-state index in [1.807, 2.05) is 0 Å². The Morgan fingerprint density at radius 2 is 2.10 bits per heavy atom. The number of aliphatic hydroxyl groups excluding tert-OH is 1. The molecule has 2 aromatic rings. The molecule has 0 aliphatic carbocycles. The number of hydrogen-bond acceptors (Lipinski definition) is 6. The highest BCUT2D eigenvalue weighted by atomic mass is 35.5. The van der Waals surface area contributed by atoms with Gasteiger partial charge in [-0.1, -0.05) is 11.6 Å². The third-order valence-electron chi connectivity index (χ3n) is 4.01. The van der Waals surface area contributed by atoms with Gasteiger partial charge in [0.2, 0.25) is 0 Å². The van der Waals surface area contributed by atoms with Crippen LogP contribution >= 0.6 is 11.6 Å². The van der Waals surface area contributed by atoms with Crippen molar-refractivity contribution in [2.75, 3.05) is 25.6 Å². The van der Waals surface area contributed by atoms with Crippen LogP contribution in [0.3, 0.4) is 0 Å². The molecule has 11 heteroatoms. The molecule has 29 heavy (non-hydrogen) atoms. The molecule has 1 aromatic carbocycles. The van der Waals surface area contributed by atoms with Crippen molar-refractivity contribution in [2.45, 2.75) is 32.6 Å². The van der Waals surface area contributed by atoms with E-state index < -0.39 is 18.2 Å². The molecule has 1 aromatic heterocycles. The van der Waals surface area contributed by atoms with Gasteiger partial charge in [-0.15, -0.1) is 0 Å². The van der Waals surface area contributed by atoms with Crippen LogP contribution in [-0.2, 0) is 11.3 Å². The fourth-order valence-corrected chi connectivity index (χ4v) is 2.91. The van der Waals surface area contributed by atoms with Crippen molar-refractivity contribution >= 4 is 23.3 Å². The van der Waals surface area contributed by atoms with Gasteiger partial charge in [-0.25, -0.2) is 4.79 Å². The number of aromatic nitrogens is 2. The summed E-state index contributed by atoms with van der Waals surface area (Å²) in [4.78, 5) is 12.1. The Labute approximate surface area is 170 Å². The number of halogens is 4. The number of anilines is 1. The molecule has 0 amide bonds. The van der Waals surface area contributed by atoms with Gasteiger partial charge >= 0.3 is 12.1 Å². The summed E-state index contributed by atoms with van der Waals surface area (Å²) in [5.74, 6) is -0.521. The molecule has 7 nitrogen and oxygen atoms in total. The lowest BCUT2D eigenvalue weighted by molar-refractivity contribution is -0.138. The lowest BCUT2D eigenvalue weighted by Gasteiger charge is -2.19. The minimum absolute atomic E-state index is 0.0143. The monoisotopic (exact) mass is 435 g/mol. The van der Waals surface area contributed by atoms with Gasteiger partial charge in [0.15, 0.2) is 5.69 Å². The predicted molar refractivity (Wildman–Crippen MR) is 101 cm³/mol. The zero-order valence-corrected chi connectivity index (χ0v) is 16.8. The third kappa shape index (κ3) is 5.13. The summed E-state index contributed by atoms with van der Waals surface area (Å²) in [5, 5.41) is 15.8. The second-order valence-electron chi connectivity index (χ2n) is 6.00. The van der Waals surface area contributed by atoms with Gasteiger partial charge < -0.3 is 19.9 Å². The normalized spacial score (nSPS) is 12.6. The first-order valence-electron chi connectivity index (χ1n) is 8.69. The molecule has 0 aliphatic rings. The number of nitrogens with one attached hydrogen (secondary N) is 1. The topological polar surface area (TPSA) is 85.6 Å². The first-order valence-corrected chi connectivity index (χ1v) is 9.07. The van der Waals surface area contributed by atoms with Crippen molar-refractivity contribution in [3.05, 3.63) is 28.9 Å². The molecule has 0 aliphatic heterocycles. The van der Waals surface area contributed by atoms with E-state index >= 15 is 0 Å². The van der Waals surface area contributed by atoms with Gasteiger partial charge in [-0.3, -0.25) is 4.68 Å². The number of ether oxygens (including phenoxy) is 2. The number of carbonyl (C=O) groups excluding carboxylic acids is 1. The molecular formula is C18H21ClF3N3O4. The molecule has 0 bridgehead atoms. The maximum absolute atomic E-state index is 12.8. The minimum atomic E-state index is -4.41. The van der Waals surface area contributed by atoms with E-state index in [4.69, 9.17) is 21.1 Å². The van der Waals surface area contributed by atoms with E-state index in [9.17, 15) is 23.1 Å². The largest absolute Gasteiger partial charge is 0.496 e. The fourth-order valence-electron chi connectivity index (χ4n) is 2.59. The number of alkyl halides is 3. The SMILES string of the molecule is CCOC(=O)c1nn(CCO)c(-c2ccc(N[C@H](C)C(F)(F)F)cc2OC)c1Cl. The molecule has 2 N–H and O–H groups in total. The third-order valence-corrected chi connectivity index (χ3v) is 4.36. The zero-order valence-electron chi connectivity index (χ0n) is 16.0. The lowest BCUT2D eigenvalue weighted by atomic mass is 10.1. The molecular weight excluding hydrogens is 415 g/mol. The Morgan fingerprint density at radius 3 is 2.66 bits per heavy atom. The smallest absolute Gasteiger partial charge is 0.408 e. The molecule has 0 spiro atoms. The zero-order chi connectivity index (χ0) is 21.8. The summed E-state index contributed by atoms with van der Waals surface area (Å²) in [7, 11) is 1.35. The van der Waals surface area contributed by atoms with Crippen molar-refractivity contribution in [1.82, 2.24) is 9.78 Å². The number of rotatable bonds is 8. The van der Waals surface area contributed by atoms with Crippen molar-refractivity contribution in [2.24, 2.45) is 0 Å². The first-order chi connectivity index (χ1) is 13.6. The van der Waals surface area contributed by atoms with Crippen LogP contribution in [0, 0.1) is 0 Å². The highest BCUT2D eigenvalue weighted by molar-refractivity contribution is 6.36. The van der Waals surface area contributed by atoms with Gasteiger partial charge in [-0.05, 0) is 26.0 Å². The highest BCUT2D eigenvalue weighted by Gasteiger charge is 2.36. The molecule has 0 unspecified atom stereocenters. The maximum atomic E-state index is 12.8. The summed E-state index contributed by atoms with van der Waals surface area (Å²) in [5.41, 5.74) is 0.715. The second kappa shape index (κ2) is 9.36. The first kappa shape index (κ1) is 22.8. The minimum Gasteiger partial charge on any atom is -0.496 e. The van der Waals surface area contributed by atoms with Crippen molar-refractivity contribution in [3.8, 4) is 17.0 Å². The van der Waals surface area contributed by atoms with Crippen LogP contribution in [0.2, 0.25) is 5.02 Å². The molecule has 2 rings (SSSR count).